The minimum Gasteiger partial charge on any atom is -0.354 e. The zero-order valence-electron chi connectivity index (χ0n) is 11.3. The fourth-order valence-corrected chi connectivity index (χ4v) is 2.30. The highest BCUT2D eigenvalue weighted by atomic mass is 35.5. The highest BCUT2D eigenvalue weighted by Crippen LogP contribution is 2.18. The number of nitrogens with zero attached hydrogens (tertiary/aromatic N) is 6. The Bertz CT molecular complexity index is 591. The van der Waals surface area contributed by atoms with Crippen LogP contribution in [0.15, 0.2) is 12.4 Å². The molecule has 2 aromatic heterocycles. The van der Waals surface area contributed by atoms with Gasteiger partial charge in [-0.15, -0.1) is 0 Å². The average Bonchev–Trinajstić information content (AvgIpc) is 3.09. The van der Waals surface area contributed by atoms with Gasteiger partial charge in [0.1, 0.15) is 0 Å². The molecule has 0 radical (unpaired) electrons. The third-order valence-electron chi connectivity index (χ3n) is 3.09. The van der Waals surface area contributed by atoms with Crippen molar-refractivity contribution in [2.24, 2.45) is 0 Å². The van der Waals surface area contributed by atoms with Crippen molar-refractivity contribution < 1.29 is 0 Å². The summed E-state index contributed by atoms with van der Waals surface area (Å²) in [6.07, 6.45) is 5.59. The molecule has 7 nitrogen and oxygen atoms in total. The Labute approximate surface area is 122 Å². The Morgan fingerprint density at radius 2 is 1.95 bits per heavy atom. The molecule has 8 heteroatoms. The summed E-state index contributed by atoms with van der Waals surface area (Å²) in [6.45, 7) is 4.72. The molecular formula is C12H16ClN7. The van der Waals surface area contributed by atoms with E-state index in [9.17, 15) is 0 Å². The van der Waals surface area contributed by atoms with Crippen molar-refractivity contribution in [1.29, 1.82) is 0 Å². The Balaban J connectivity index is 1.99. The van der Waals surface area contributed by atoms with Gasteiger partial charge in [0.2, 0.25) is 11.9 Å². The third-order valence-corrected chi connectivity index (χ3v) is 3.29. The molecule has 20 heavy (non-hydrogen) atoms. The molecule has 0 atom stereocenters. The molecule has 0 spiro atoms. The van der Waals surface area contributed by atoms with E-state index in [2.05, 4.69) is 30.3 Å². The second-order valence-electron chi connectivity index (χ2n) is 4.59. The van der Waals surface area contributed by atoms with Crippen molar-refractivity contribution in [2.45, 2.75) is 19.8 Å². The number of hydrogen-bond donors (Lipinski definition) is 1. The zero-order valence-corrected chi connectivity index (χ0v) is 12.0. The van der Waals surface area contributed by atoms with E-state index in [4.69, 9.17) is 11.6 Å². The normalized spacial score (nSPS) is 14.8. The molecule has 3 heterocycles. The van der Waals surface area contributed by atoms with Crippen LogP contribution in [0.25, 0.3) is 5.95 Å². The van der Waals surface area contributed by atoms with Crippen molar-refractivity contribution in [3.8, 4) is 5.95 Å². The van der Waals surface area contributed by atoms with Crippen LogP contribution < -0.4 is 10.2 Å². The average molecular weight is 294 g/mol. The van der Waals surface area contributed by atoms with Crippen LogP contribution in [0.3, 0.4) is 0 Å². The first-order valence-corrected chi connectivity index (χ1v) is 7.09. The Morgan fingerprint density at radius 1 is 1.20 bits per heavy atom. The minimum absolute atomic E-state index is 0.477. The molecule has 2 aromatic rings. The number of hydrogen-bond acceptors (Lipinski definition) is 6. The molecule has 0 aliphatic carbocycles. The largest absolute Gasteiger partial charge is 0.354 e. The van der Waals surface area contributed by atoms with Gasteiger partial charge in [-0.05, 0) is 19.8 Å². The molecule has 0 saturated carbocycles. The summed E-state index contributed by atoms with van der Waals surface area (Å²) in [5.74, 6) is 1.73. The maximum absolute atomic E-state index is 5.90. The summed E-state index contributed by atoms with van der Waals surface area (Å²) < 4.78 is 1.56. The van der Waals surface area contributed by atoms with Gasteiger partial charge in [0.25, 0.3) is 5.95 Å². The lowest BCUT2D eigenvalue weighted by atomic mass is 10.4. The molecular weight excluding hydrogens is 278 g/mol. The van der Waals surface area contributed by atoms with Crippen molar-refractivity contribution in [2.75, 3.05) is 29.9 Å². The fourth-order valence-electron chi connectivity index (χ4n) is 2.16. The third kappa shape index (κ3) is 2.67. The van der Waals surface area contributed by atoms with Crippen molar-refractivity contribution in [1.82, 2.24) is 24.7 Å². The van der Waals surface area contributed by atoms with E-state index in [0.717, 1.165) is 19.6 Å². The van der Waals surface area contributed by atoms with Gasteiger partial charge >= 0.3 is 0 Å². The number of rotatable bonds is 4. The van der Waals surface area contributed by atoms with Gasteiger partial charge in [-0.25, -0.2) is 4.68 Å². The monoisotopic (exact) mass is 293 g/mol. The van der Waals surface area contributed by atoms with E-state index < -0.39 is 0 Å². The van der Waals surface area contributed by atoms with Gasteiger partial charge in [-0.3, -0.25) is 0 Å². The van der Waals surface area contributed by atoms with E-state index in [0.29, 0.717) is 22.9 Å². The number of nitrogens with one attached hydrogen (secondary N) is 1. The van der Waals surface area contributed by atoms with Crippen molar-refractivity contribution in [3.63, 3.8) is 0 Å². The standard InChI is InChI=1S/C12H16ClN7/c1-2-14-10-16-11(19-5-3-4-6-19)18-12(17-10)20-8-9(13)7-15-20/h7-8H,2-6H2,1H3,(H,14,16,17,18). The van der Waals surface area contributed by atoms with E-state index in [1.165, 1.54) is 12.8 Å². The molecule has 0 aromatic carbocycles. The molecule has 1 aliphatic heterocycles. The highest BCUT2D eigenvalue weighted by molar-refractivity contribution is 6.30. The van der Waals surface area contributed by atoms with Gasteiger partial charge in [0.15, 0.2) is 0 Å². The minimum atomic E-state index is 0.477. The molecule has 0 bridgehead atoms. The van der Waals surface area contributed by atoms with Gasteiger partial charge in [0.05, 0.1) is 17.4 Å². The fraction of sp³-hybridized carbons (Fsp3) is 0.500. The zero-order chi connectivity index (χ0) is 13.9. The predicted octanol–water partition coefficient (Wildman–Crippen LogP) is 1.74. The second kappa shape index (κ2) is 5.62. The lowest BCUT2D eigenvalue weighted by Crippen LogP contribution is -2.22. The first-order chi connectivity index (χ1) is 9.76. The number of anilines is 2. The Morgan fingerprint density at radius 3 is 2.60 bits per heavy atom. The van der Waals surface area contributed by atoms with Crippen LogP contribution in [-0.2, 0) is 0 Å². The highest BCUT2D eigenvalue weighted by Gasteiger charge is 2.18. The predicted molar refractivity (Wildman–Crippen MR) is 77.6 cm³/mol. The van der Waals surface area contributed by atoms with Crippen LogP contribution in [0.1, 0.15) is 19.8 Å². The smallest absolute Gasteiger partial charge is 0.257 e. The Kier molecular flexibility index (Phi) is 3.68. The summed E-state index contributed by atoms with van der Waals surface area (Å²) in [6, 6.07) is 0. The topological polar surface area (TPSA) is 71.8 Å². The summed E-state index contributed by atoms with van der Waals surface area (Å²) in [5.41, 5.74) is 0. The summed E-state index contributed by atoms with van der Waals surface area (Å²) in [7, 11) is 0. The van der Waals surface area contributed by atoms with E-state index in [-0.39, 0.29) is 0 Å². The van der Waals surface area contributed by atoms with Gasteiger partial charge in [-0.1, -0.05) is 11.6 Å². The molecule has 1 N–H and O–H groups in total. The van der Waals surface area contributed by atoms with Gasteiger partial charge < -0.3 is 10.2 Å². The molecule has 1 saturated heterocycles. The Hall–Kier alpha value is -1.89. The van der Waals surface area contributed by atoms with Crippen LogP contribution in [-0.4, -0.2) is 44.4 Å². The molecule has 1 fully saturated rings. The van der Waals surface area contributed by atoms with Crippen LogP contribution in [0.5, 0.6) is 0 Å². The molecule has 3 rings (SSSR count). The van der Waals surface area contributed by atoms with Crippen molar-refractivity contribution >= 4 is 23.5 Å². The lowest BCUT2D eigenvalue weighted by Gasteiger charge is -2.16. The van der Waals surface area contributed by atoms with Gasteiger partial charge in [-0.2, -0.15) is 20.1 Å². The van der Waals surface area contributed by atoms with Crippen LogP contribution >= 0.6 is 11.6 Å². The first kappa shape index (κ1) is 13.1. The maximum atomic E-state index is 5.90. The maximum Gasteiger partial charge on any atom is 0.257 e. The second-order valence-corrected chi connectivity index (χ2v) is 5.02. The molecule has 0 unspecified atom stereocenters. The van der Waals surface area contributed by atoms with Crippen LogP contribution in [0, 0.1) is 0 Å². The van der Waals surface area contributed by atoms with Crippen LogP contribution in [0.4, 0.5) is 11.9 Å². The number of aromatic nitrogens is 5. The summed E-state index contributed by atoms with van der Waals surface area (Å²) in [4.78, 5) is 15.5. The molecule has 1 aliphatic rings. The summed E-state index contributed by atoms with van der Waals surface area (Å²) in [5, 5.41) is 7.82. The van der Waals surface area contributed by atoms with E-state index in [1.54, 1.807) is 17.1 Å². The quantitative estimate of drug-likeness (QED) is 0.926. The van der Waals surface area contributed by atoms with E-state index >= 15 is 0 Å². The number of halogens is 1. The summed E-state index contributed by atoms with van der Waals surface area (Å²) >= 11 is 5.90. The van der Waals surface area contributed by atoms with E-state index in [1.807, 2.05) is 6.92 Å². The SMILES string of the molecule is CCNc1nc(N2CCCC2)nc(-n2cc(Cl)cn2)n1. The first-order valence-electron chi connectivity index (χ1n) is 6.71. The molecule has 106 valence electrons. The van der Waals surface area contributed by atoms with Gasteiger partial charge in [0, 0.05) is 19.6 Å². The lowest BCUT2D eigenvalue weighted by molar-refractivity contribution is 0.779. The van der Waals surface area contributed by atoms with Crippen molar-refractivity contribution in [3.05, 3.63) is 17.4 Å². The van der Waals surface area contributed by atoms with Crippen LogP contribution in [0.2, 0.25) is 5.02 Å². The molecule has 0 amide bonds.